The number of hydrogen-bond acceptors (Lipinski definition) is 7. The van der Waals surface area contributed by atoms with Gasteiger partial charge in [-0.3, -0.25) is 0 Å². The molecule has 0 fully saturated rings. The molecule has 9 nitrogen and oxygen atoms in total. The van der Waals surface area contributed by atoms with Crippen LogP contribution in [-0.4, -0.2) is 60.3 Å². The Hall–Kier alpha value is -2.67. The minimum atomic E-state index is -5.03. The van der Waals surface area contributed by atoms with E-state index in [0.29, 0.717) is 0 Å². The fraction of sp³-hybridized carbons (Fsp3) is 0.400. The molecule has 154 valence electrons. The molecule has 1 unspecified atom stereocenters. The van der Waals surface area contributed by atoms with Crippen molar-refractivity contribution in [3.05, 3.63) is 29.6 Å². The van der Waals surface area contributed by atoms with E-state index in [2.05, 4.69) is 15.4 Å². The summed E-state index contributed by atoms with van der Waals surface area (Å²) in [6.45, 7) is 1.65. The summed E-state index contributed by atoms with van der Waals surface area (Å²) in [4.78, 5) is 15.2. The molecule has 2 aromatic rings. The van der Waals surface area contributed by atoms with Gasteiger partial charge in [-0.05, 0) is 19.1 Å². The minimum Gasteiger partial charge on any atom is -0.477 e. The number of hydrogen-bond donors (Lipinski definition) is 2. The quantitative estimate of drug-likeness (QED) is 0.693. The Labute approximate surface area is 158 Å². The van der Waals surface area contributed by atoms with E-state index in [0.717, 1.165) is 23.2 Å². The van der Waals surface area contributed by atoms with E-state index in [-0.39, 0.29) is 17.3 Å². The predicted molar refractivity (Wildman–Crippen MR) is 91.4 cm³/mol. The molecule has 0 aromatic carbocycles. The topological polar surface area (TPSA) is 123 Å². The van der Waals surface area contributed by atoms with Crippen molar-refractivity contribution in [1.82, 2.24) is 14.8 Å². The normalized spacial score (nSPS) is 13.4. The van der Waals surface area contributed by atoms with Crippen molar-refractivity contribution in [3.63, 3.8) is 0 Å². The van der Waals surface area contributed by atoms with Gasteiger partial charge >= 0.3 is 12.1 Å². The average Bonchev–Trinajstić information content (AvgIpc) is 2.94. The van der Waals surface area contributed by atoms with Crippen LogP contribution in [0.4, 0.5) is 19.0 Å². The predicted octanol–water partition coefficient (Wildman–Crippen LogP) is 1.83. The smallest absolute Gasteiger partial charge is 0.436 e. The van der Waals surface area contributed by atoms with Gasteiger partial charge in [-0.1, -0.05) is 0 Å². The zero-order valence-electron chi connectivity index (χ0n) is 15.0. The van der Waals surface area contributed by atoms with Crippen molar-refractivity contribution < 1.29 is 36.2 Å². The van der Waals surface area contributed by atoms with Gasteiger partial charge in [-0.15, -0.1) is 0 Å². The van der Waals surface area contributed by atoms with Crippen LogP contribution in [-0.2, 0) is 20.8 Å². The average molecular weight is 422 g/mol. The number of halogens is 3. The van der Waals surface area contributed by atoms with Gasteiger partial charge in [0.05, 0.1) is 18.5 Å². The van der Waals surface area contributed by atoms with Crippen LogP contribution in [0.15, 0.2) is 23.4 Å². The Balaban J connectivity index is 2.69. The molecule has 0 saturated heterocycles. The molecule has 0 aliphatic rings. The van der Waals surface area contributed by atoms with E-state index in [4.69, 9.17) is 4.74 Å². The van der Waals surface area contributed by atoms with Crippen molar-refractivity contribution in [2.24, 2.45) is 0 Å². The molecule has 28 heavy (non-hydrogen) atoms. The molecule has 0 saturated carbocycles. The minimum absolute atomic E-state index is 0.0579. The summed E-state index contributed by atoms with van der Waals surface area (Å²) >= 11 is 0. The second kappa shape index (κ2) is 7.75. The molecule has 0 radical (unpaired) electrons. The van der Waals surface area contributed by atoms with Crippen molar-refractivity contribution in [2.75, 3.05) is 25.3 Å². The van der Waals surface area contributed by atoms with Gasteiger partial charge < -0.3 is 15.2 Å². The Kier molecular flexibility index (Phi) is 5.99. The first-order valence-electron chi connectivity index (χ1n) is 7.71. The number of alkyl halides is 3. The van der Waals surface area contributed by atoms with Crippen LogP contribution in [0.5, 0.6) is 0 Å². The summed E-state index contributed by atoms with van der Waals surface area (Å²) in [5.74, 6) is -2.26. The van der Waals surface area contributed by atoms with Crippen molar-refractivity contribution in [3.8, 4) is 5.69 Å². The lowest BCUT2D eigenvalue weighted by Crippen LogP contribution is -2.24. The van der Waals surface area contributed by atoms with Crippen LogP contribution in [0, 0.1) is 0 Å². The monoisotopic (exact) mass is 422 g/mol. The van der Waals surface area contributed by atoms with Gasteiger partial charge in [0.25, 0.3) is 0 Å². The molecule has 0 aliphatic carbocycles. The maximum Gasteiger partial charge on any atom is 0.436 e. The third-order valence-electron chi connectivity index (χ3n) is 3.51. The summed E-state index contributed by atoms with van der Waals surface area (Å²) < 4.78 is 68.7. The molecule has 13 heteroatoms. The number of pyridine rings is 1. The first kappa shape index (κ1) is 21.6. The number of rotatable bonds is 7. The van der Waals surface area contributed by atoms with Gasteiger partial charge in [0.15, 0.2) is 20.6 Å². The highest BCUT2D eigenvalue weighted by molar-refractivity contribution is 7.90. The van der Waals surface area contributed by atoms with E-state index in [1.165, 1.54) is 13.2 Å². The van der Waals surface area contributed by atoms with Gasteiger partial charge in [-0.25, -0.2) is 22.9 Å². The number of carboxylic acids is 1. The number of aromatic carboxylic acids is 1. The fourth-order valence-corrected chi connectivity index (χ4v) is 2.94. The molecule has 0 amide bonds. The molecule has 0 spiro atoms. The van der Waals surface area contributed by atoms with Gasteiger partial charge in [0, 0.05) is 19.4 Å². The molecular weight excluding hydrogens is 405 g/mol. The van der Waals surface area contributed by atoms with Crippen molar-refractivity contribution >= 4 is 21.6 Å². The number of carboxylic acid groups (broad SMARTS) is 1. The molecular formula is C15H17F3N4O5S. The lowest BCUT2D eigenvalue weighted by molar-refractivity contribution is -0.141. The zero-order valence-corrected chi connectivity index (χ0v) is 15.8. The largest absolute Gasteiger partial charge is 0.477 e. The van der Waals surface area contributed by atoms with E-state index in [1.807, 2.05) is 0 Å². The fourth-order valence-electron chi connectivity index (χ4n) is 2.38. The molecule has 2 N–H and O–H groups in total. The SMILES string of the molecule is COCC(C)Nc1c(C(=O)O)c(C(F)(F)F)nn1-c1ccc(S(C)(=O)=O)nc1. The molecule has 2 rings (SSSR count). The number of carbonyl (C=O) groups is 1. The van der Waals surface area contributed by atoms with E-state index in [1.54, 1.807) is 6.92 Å². The number of ether oxygens (including phenoxy) is 1. The third-order valence-corrected chi connectivity index (χ3v) is 4.51. The zero-order chi connectivity index (χ0) is 21.3. The second-order valence-corrected chi connectivity index (χ2v) is 7.88. The molecule has 0 aliphatic heterocycles. The van der Waals surface area contributed by atoms with Crippen LogP contribution < -0.4 is 5.32 Å². The summed E-state index contributed by atoms with van der Waals surface area (Å²) in [5.41, 5.74) is -2.72. The highest BCUT2D eigenvalue weighted by atomic mass is 32.2. The number of nitrogens with one attached hydrogen (secondary N) is 1. The molecule has 0 bridgehead atoms. The molecule has 1 atom stereocenters. The Bertz CT molecular complexity index is 971. The summed E-state index contributed by atoms with van der Waals surface area (Å²) in [5, 5.41) is 15.1. The summed E-state index contributed by atoms with van der Waals surface area (Å²) in [6, 6.07) is 1.71. The van der Waals surface area contributed by atoms with Crippen LogP contribution in [0.3, 0.4) is 0 Å². The van der Waals surface area contributed by atoms with Crippen molar-refractivity contribution in [2.45, 2.75) is 24.2 Å². The second-order valence-electron chi connectivity index (χ2n) is 5.91. The number of anilines is 1. The van der Waals surface area contributed by atoms with Gasteiger partial charge in [0.2, 0.25) is 0 Å². The lowest BCUT2D eigenvalue weighted by atomic mass is 10.2. The lowest BCUT2D eigenvalue weighted by Gasteiger charge is -2.16. The van der Waals surface area contributed by atoms with Crippen LogP contribution in [0.25, 0.3) is 5.69 Å². The third kappa shape index (κ3) is 4.59. The number of nitrogens with zero attached hydrogens (tertiary/aromatic N) is 3. The number of sulfone groups is 1. The molecule has 2 aromatic heterocycles. The van der Waals surface area contributed by atoms with Crippen LogP contribution in [0.2, 0.25) is 0 Å². The summed E-state index contributed by atoms with van der Waals surface area (Å²) in [6.07, 6.45) is -3.12. The Morgan fingerprint density at radius 3 is 2.46 bits per heavy atom. The maximum absolute atomic E-state index is 13.3. The van der Waals surface area contributed by atoms with E-state index < -0.39 is 45.1 Å². The maximum atomic E-state index is 13.3. The highest BCUT2D eigenvalue weighted by Crippen LogP contribution is 2.36. The van der Waals surface area contributed by atoms with Crippen molar-refractivity contribution in [1.29, 1.82) is 0 Å². The Morgan fingerprint density at radius 1 is 1.39 bits per heavy atom. The molecule has 2 heterocycles. The van der Waals surface area contributed by atoms with Crippen LogP contribution in [0.1, 0.15) is 23.0 Å². The van der Waals surface area contributed by atoms with Gasteiger partial charge in [0.1, 0.15) is 11.4 Å². The summed E-state index contributed by atoms with van der Waals surface area (Å²) in [7, 11) is -2.25. The standard InChI is InChI=1S/C15H17F3N4O5S/c1-8(7-27-2)20-13-11(14(23)24)12(15(16,17)18)21-22(13)9-4-5-10(19-6-9)28(3,25)26/h4-6,8,20H,7H2,1-3H3,(H,23,24). The van der Waals surface area contributed by atoms with Gasteiger partial charge in [-0.2, -0.15) is 18.3 Å². The number of aromatic nitrogens is 3. The Morgan fingerprint density at radius 2 is 2.04 bits per heavy atom. The number of methoxy groups -OCH3 is 1. The first-order chi connectivity index (χ1) is 12.9. The highest BCUT2D eigenvalue weighted by Gasteiger charge is 2.42. The van der Waals surface area contributed by atoms with Crippen LogP contribution >= 0.6 is 0 Å². The van der Waals surface area contributed by atoms with E-state index in [9.17, 15) is 31.5 Å². The van der Waals surface area contributed by atoms with E-state index >= 15 is 0 Å². The first-order valence-corrected chi connectivity index (χ1v) is 9.60.